The van der Waals surface area contributed by atoms with Gasteiger partial charge in [0.05, 0.1) is 0 Å². The highest BCUT2D eigenvalue weighted by Gasteiger charge is 2.10. The second kappa shape index (κ2) is 9.97. The van der Waals surface area contributed by atoms with Gasteiger partial charge in [-0.2, -0.15) is 0 Å². The minimum absolute atomic E-state index is 0.124. The predicted octanol–water partition coefficient (Wildman–Crippen LogP) is 3.40. The van der Waals surface area contributed by atoms with Crippen LogP contribution in [-0.2, 0) is 4.79 Å². The highest BCUT2D eigenvalue weighted by Crippen LogP contribution is 2.10. The van der Waals surface area contributed by atoms with E-state index in [1.54, 1.807) is 42.5 Å². The number of pyridine rings is 1. The van der Waals surface area contributed by atoms with E-state index in [0.717, 1.165) is 5.69 Å². The van der Waals surface area contributed by atoms with Crippen LogP contribution in [0.4, 0.5) is 11.5 Å². The molecule has 0 unspecified atom stereocenters. The fourth-order valence-corrected chi connectivity index (χ4v) is 2.71. The fourth-order valence-electron chi connectivity index (χ4n) is 2.71. The van der Waals surface area contributed by atoms with Crippen molar-refractivity contribution in [3.8, 4) is 0 Å². The lowest BCUT2D eigenvalue weighted by atomic mass is 10.1. The van der Waals surface area contributed by atoms with Crippen LogP contribution in [0, 0.1) is 6.92 Å². The van der Waals surface area contributed by atoms with E-state index in [1.807, 2.05) is 37.3 Å². The third-order valence-corrected chi connectivity index (χ3v) is 4.23. The number of para-hydroxylation sites is 1. The first-order valence-electron chi connectivity index (χ1n) is 9.49. The minimum Gasteiger partial charge on any atom is -0.352 e. The number of aryl methyl sites for hydroxylation is 1. The summed E-state index contributed by atoms with van der Waals surface area (Å²) in [6.45, 7) is 2.03. The molecule has 7 nitrogen and oxygen atoms in total. The molecule has 0 atom stereocenters. The van der Waals surface area contributed by atoms with Gasteiger partial charge in [0.25, 0.3) is 11.8 Å². The van der Waals surface area contributed by atoms with Crippen LogP contribution in [0.2, 0.25) is 0 Å². The summed E-state index contributed by atoms with van der Waals surface area (Å²) >= 11 is 0. The van der Waals surface area contributed by atoms with Crippen LogP contribution in [-0.4, -0.2) is 29.3 Å². The summed E-state index contributed by atoms with van der Waals surface area (Å²) in [5.41, 5.74) is 2.36. The number of amides is 3. The first kappa shape index (κ1) is 20.7. The summed E-state index contributed by atoms with van der Waals surface area (Å²) < 4.78 is 0. The van der Waals surface area contributed by atoms with Crippen molar-refractivity contribution < 1.29 is 14.4 Å². The zero-order chi connectivity index (χ0) is 21.3. The summed E-state index contributed by atoms with van der Waals surface area (Å²) in [4.78, 5) is 40.7. The quantitative estimate of drug-likeness (QED) is 0.564. The molecule has 152 valence electrons. The molecule has 0 aliphatic heterocycles. The van der Waals surface area contributed by atoms with Crippen LogP contribution in [0.5, 0.6) is 0 Å². The Kier molecular flexibility index (Phi) is 6.89. The van der Waals surface area contributed by atoms with E-state index in [4.69, 9.17) is 0 Å². The average Bonchev–Trinajstić information content (AvgIpc) is 2.74. The molecule has 30 heavy (non-hydrogen) atoms. The highest BCUT2D eigenvalue weighted by molar-refractivity contribution is 6.05. The Bertz CT molecular complexity index is 1030. The van der Waals surface area contributed by atoms with Crippen molar-refractivity contribution in [2.24, 2.45) is 0 Å². The third kappa shape index (κ3) is 6.00. The Morgan fingerprint density at radius 1 is 0.767 bits per heavy atom. The number of benzene rings is 2. The molecule has 3 aromatic rings. The van der Waals surface area contributed by atoms with Crippen molar-refractivity contribution in [2.45, 2.75) is 13.3 Å². The Morgan fingerprint density at radius 2 is 1.43 bits per heavy atom. The molecule has 3 rings (SSSR count). The highest BCUT2D eigenvalue weighted by atomic mass is 16.2. The van der Waals surface area contributed by atoms with Gasteiger partial charge in [-0.15, -0.1) is 0 Å². The number of anilines is 2. The van der Waals surface area contributed by atoms with Gasteiger partial charge in [-0.1, -0.05) is 24.3 Å². The van der Waals surface area contributed by atoms with E-state index < -0.39 is 0 Å². The first-order chi connectivity index (χ1) is 14.5. The second-order valence-corrected chi connectivity index (χ2v) is 6.62. The van der Waals surface area contributed by atoms with Gasteiger partial charge in [-0.05, 0) is 55.5 Å². The zero-order valence-corrected chi connectivity index (χ0v) is 16.5. The van der Waals surface area contributed by atoms with Crippen molar-refractivity contribution in [3.05, 3.63) is 89.6 Å². The Labute approximate surface area is 174 Å². The maximum absolute atomic E-state index is 12.3. The van der Waals surface area contributed by atoms with Gasteiger partial charge in [0.1, 0.15) is 5.82 Å². The maximum atomic E-state index is 12.3. The third-order valence-electron chi connectivity index (χ3n) is 4.23. The molecule has 3 N–H and O–H groups in total. The van der Waals surface area contributed by atoms with E-state index in [-0.39, 0.29) is 30.7 Å². The van der Waals surface area contributed by atoms with E-state index in [2.05, 4.69) is 20.9 Å². The molecule has 0 aliphatic carbocycles. The van der Waals surface area contributed by atoms with Crippen LogP contribution in [0.3, 0.4) is 0 Å². The number of carbonyl (C=O) groups excluding carboxylic acids is 3. The minimum atomic E-state index is -0.313. The van der Waals surface area contributed by atoms with E-state index in [9.17, 15) is 14.4 Å². The molecule has 0 fully saturated rings. The van der Waals surface area contributed by atoms with Crippen molar-refractivity contribution in [1.82, 2.24) is 10.3 Å². The van der Waals surface area contributed by atoms with Gasteiger partial charge in [-0.3, -0.25) is 14.4 Å². The summed E-state index contributed by atoms with van der Waals surface area (Å²) in [5.74, 6) is -0.321. The predicted molar refractivity (Wildman–Crippen MR) is 115 cm³/mol. The molecule has 3 amide bonds. The molecule has 0 saturated carbocycles. The molecular formula is C23H22N4O3. The van der Waals surface area contributed by atoms with Crippen LogP contribution in [0.25, 0.3) is 0 Å². The van der Waals surface area contributed by atoms with Crippen LogP contribution in [0.1, 0.15) is 32.8 Å². The van der Waals surface area contributed by atoms with Crippen LogP contribution in [0.15, 0.2) is 72.8 Å². The molecule has 0 radical (unpaired) electrons. The van der Waals surface area contributed by atoms with Crippen LogP contribution >= 0.6 is 0 Å². The van der Waals surface area contributed by atoms with Gasteiger partial charge < -0.3 is 16.0 Å². The molecule has 0 spiro atoms. The van der Waals surface area contributed by atoms with Crippen molar-refractivity contribution in [3.63, 3.8) is 0 Å². The van der Waals surface area contributed by atoms with Crippen molar-refractivity contribution >= 4 is 29.2 Å². The Hall–Kier alpha value is -4.00. The van der Waals surface area contributed by atoms with Crippen molar-refractivity contribution in [2.75, 3.05) is 17.2 Å². The largest absolute Gasteiger partial charge is 0.352 e. The number of nitrogens with zero attached hydrogens (tertiary/aromatic N) is 1. The monoisotopic (exact) mass is 402 g/mol. The maximum Gasteiger partial charge on any atom is 0.255 e. The second-order valence-electron chi connectivity index (χ2n) is 6.62. The molecule has 0 aliphatic rings. The number of aromatic nitrogens is 1. The smallest absolute Gasteiger partial charge is 0.255 e. The van der Waals surface area contributed by atoms with E-state index in [1.165, 1.54) is 0 Å². The molecule has 0 saturated heterocycles. The lowest BCUT2D eigenvalue weighted by molar-refractivity contribution is -0.116. The van der Waals surface area contributed by atoms with Crippen molar-refractivity contribution in [1.29, 1.82) is 0 Å². The summed E-state index contributed by atoms with van der Waals surface area (Å²) in [6.07, 6.45) is 0.124. The number of rotatable bonds is 7. The average molecular weight is 402 g/mol. The van der Waals surface area contributed by atoms with E-state index in [0.29, 0.717) is 22.6 Å². The summed E-state index contributed by atoms with van der Waals surface area (Å²) in [6, 6.07) is 20.8. The molecule has 0 bridgehead atoms. The van der Waals surface area contributed by atoms with Gasteiger partial charge >= 0.3 is 0 Å². The SMILES string of the molecule is Cc1cccc(NC(=O)CCNC(=O)c2ccc(C(=O)Nc3ccccc3)cc2)n1. The lowest BCUT2D eigenvalue weighted by Crippen LogP contribution is -2.27. The molecular weight excluding hydrogens is 380 g/mol. The number of carbonyl (C=O) groups is 3. The van der Waals surface area contributed by atoms with Gasteiger partial charge in [-0.25, -0.2) is 4.98 Å². The standard InChI is InChI=1S/C23H22N4O3/c1-16-6-5-9-20(25-16)27-21(28)14-15-24-22(29)17-10-12-18(13-11-17)23(30)26-19-7-3-2-4-8-19/h2-13H,14-15H2,1H3,(H,24,29)(H,26,30)(H,25,27,28). The van der Waals surface area contributed by atoms with Gasteiger partial charge in [0.15, 0.2) is 0 Å². The summed E-state index contributed by atoms with van der Waals surface area (Å²) in [5, 5.41) is 8.17. The fraction of sp³-hybridized carbons (Fsp3) is 0.130. The Balaban J connectivity index is 1.46. The zero-order valence-electron chi connectivity index (χ0n) is 16.5. The number of hydrogen-bond acceptors (Lipinski definition) is 4. The van der Waals surface area contributed by atoms with Crippen LogP contribution < -0.4 is 16.0 Å². The molecule has 1 heterocycles. The van der Waals surface area contributed by atoms with E-state index >= 15 is 0 Å². The first-order valence-corrected chi connectivity index (χ1v) is 9.49. The molecule has 2 aromatic carbocycles. The normalized spacial score (nSPS) is 10.2. The summed E-state index contributed by atoms with van der Waals surface area (Å²) in [7, 11) is 0. The Morgan fingerprint density at radius 3 is 2.10 bits per heavy atom. The number of nitrogens with one attached hydrogen (secondary N) is 3. The molecule has 1 aromatic heterocycles. The topological polar surface area (TPSA) is 100 Å². The van der Waals surface area contributed by atoms with Gasteiger partial charge in [0.2, 0.25) is 5.91 Å². The molecule has 7 heteroatoms. The number of hydrogen-bond donors (Lipinski definition) is 3. The van der Waals surface area contributed by atoms with Gasteiger partial charge in [0, 0.05) is 35.5 Å². The lowest BCUT2D eigenvalue weighted by Gasteiger charge is -2.08.